The van der Waals surface area contributed by atoms with E-state index in [1.807, 2.05) is 0 Å². The summed E-state index contributed by atoms with van der Waals surface area (Å²) < 4.78 is 38.0. The third-order valence-corrected chi connectivity index (χ3v) is 3.35. The van der Waals surface area contributed by atoms with Gasteiger partial charge in [0.25, 0.3) is 0 Å². The zero-order valence-corrected chi connectivity index (χ0v) is 13.0. The molecule has 0 radical (unpaired) electrons. The van der Waals surface area contributed by atoms with Crippen molar-refractivity contribution in [2.75, 3.05) is 0 Å². The molecular formula is C18H15F3N2O2. The van der Waals surface area contributed by atoms with Crippen LogP contribution in [0.5, 0.6) is 0 Å². The Hall–Kier alpha value is -3.09. The fourth-order valence-electron chi connectivity index (χ4n) is 2.15. The molecule has 0 aromatic heterocycles. The van der Waals surface area contributed by atoms with Crippen LogP contribution in [0.15, 0.2) is 60.7 Å². The molecule has 25 heavy (non-hydrogen) atoms. The van der Waals surface area contributed by atoms with Crippen LogP contribution in [-0.2, 0) is 15.8 Å². The van der Waals surface area contributed by atoms with Crippen molar-refractivity contribution in [3.8, 4) is 0 Å². The Labute approximate surface area is 142 Å². The summed E-state index contributed by atoms with van der Waals surface area (Å²) in [4.78, 5) is 23.5. The summed E-state index contributed by atoms with van der Waals surface area (Å²) in [6.07, 6.45) is -2.18. The molecule has 0 aliphatic carbocycles. The van der Waals surface area contributed by atoms with E-state index in [1.54, 1.807) is 30.3 Å². The van der Waals surface area contributed by atoms with Crippen LogP contribution in [0.25, 0.3) is 6.08 Å². The van der Waals surface area contributed by atoms with Gasteiger partial charge in [0, 0.05) is 6.08 Å². The van der Waals surface area contributed by atoms with E-state index in [-0.39, 0.29) is 5.56 Å². The van der Waals surface area contributed by atoms with E-state index < -0.39 is 29.6 Å². The summed E-state index contributed by atoms with van der Waals surface area (Å²) in [5.41, 5.74) is 5.20. The Morgan fingerprint density at radius 3 is 2.32 bits per heavy atom. The van der Waals surface area contributed by atoms with Crippen molar-refractivity contribution >= 4 is 17.9 Å². The van der Waals surface area contributed by atoms with Crippen LogP contribution in [0.4, 0.5) is 13.2 Å². The molecule has 130 valence electrons. The summed E-state index contributed by atoms with van der Waals surface area (Å²) >= 11 is 0. The highest BCUT2D eigenvalue weighted by atomic mass is 19.4. The Morgan fingerprint density at radius 2 is 1.72 bits per heavy atom. The topological polar surface area (TPSA) is 72.2 Å². The Bertz CT molecular complexity index is 786. The molecule has 2 rings (SSSR count). The average molecular weight is 348 g/mol. The highest BCUT2D eigenvalue weighted by molar-refractivity contribution is 5.95. The second-order valence-corrected chi connectivity index (χ2v) is 5.21. The molecular weight excluding hydrogens is 333 g/mol. The third kappa shape index (κ3) is 5.20. The standard InChI is InChI=1S/C18H15F3N2O2/c19-18(20,21)14-8-4-5-12(11-14)9-10-15(24)23-16(17(22)25)13-6-2-1-3-7-13/h1-11,16H,(H2,22,25)(H,23,24)/b10-9+. The molecule has 2 aromatic rings. The van der Waals surface area contributed by atoms with Crippen molar-refractivity contribution in [3.63, 3.8) is 0 Å². The van der Waals surface area contributed by atoms with Gasteiger partial charge < -0.3 is 11.1 Å². The average Bonchev–Trinajstić information content (AvgIpc) is 2.58. The number of rotatable bonds is 5. The molecule has 0 fully saturated rings. The normalized spacial score (nSPS) is 12.8. The monoisotopic (exact) mass is 348 g/mol. The number of nitrogens with two attached hydrogens (primary N) is 1. The van der Waals surface area contributed by atoms with E-state index >= 15 is 0 Å². The van der Waals surface area contributed by atoms with Crippen molar-refractivity contribution in [1.29, 1.82) is 0 Å². The van der Waals surface area contributed by atoms with Crippen molar-refractivity contribution in [2.45, 2.75) is 12.2 Å². The number of amides is 2. The predicted molar refractivity (Wildman–Crippen MR) is 87.0 cm³/mol. The van der Waals surface area contributed by atoms with Gasteiger partial charge >= 0.3 is 6.18 Å². The zero-order valence-electron chi connectivity index (χ0n) is 13.0. The highest BCUT2D eigenvalue weighted by Gasteiger charge is 2.30. The van der Waals surface area contributed by atoms with Crippen LogP contribution in [0.2, 0.25) is 0 Å². The van der Waals surface area contributed by atoms with Gasteiger partial charge in [0.2, 0.25) is 11.8 Å². The smallest absolute Gasteiger partial charge is 0.368 e. The fourth-order valence-corrected chi connectivity index (χ4v) is 2.15. The number of hydrogen-bond donors (Lipinski definition) is 2. The molecule has 1 atom stereocenters. The molecule has 7 heteroatoms. The minimum Gasteiger partial charge on any atom is -0.368 e. The van der Waals surface area contributed by atoms with E-state index in [0.29, 0.717) is 5.56 Å². The summed E-state index contributed by atoms with van der Waals surface area (Å²) in [7, 11) is 0. The van der Waals surface area contributed by atoms with E-state index in [2.05, 4.69) is 5.32 Å². The first-order chi connectivity index (χ1) is 11.8. The van der Waals surface area contributed by atoms with E-state index in [1.165, 1.54) is 18.2 Å². The second-order valence-electron chi connectivity index (χ2n) is 5.21. The molecule has 3 N–H and O–H groups in total. The maximum Gasteiger partial charge on any atom is 0.416 e. The van der Waals surface area contributed by atoms with Gasteiger partial charge in [-0.25, -0.2) is 0 Å². The van der Waals surface area contributed by atoms with Crippen molar-refractivity contribution in [2.24, 2.45) is 5.73 Å². The molecule has 0 aliphatic rings. The van der Waals surface area contributed by atoms with Crippen molar-refractivity contribution in [1.82, 2.24) is 5.32 Å². The quantitative estimate of drug-likeness (QED) is 0.815. The molecule has 1 unspecified atom stereocenters. The summed E-state index contributed by atoms with van der Waals surface area (Å²) in [5, 5.41) is 2.43. The molecule has 2 aromatic carbocycles. The van der Waals surface area contributed by atoms with Crippen molar-refractivity contribution < 1.29 is 22.8 Å². The first-order valence-electron chi connectivity index (χ1n) is 7.27. The van der Waals surface area contributed by atoms with E-state index in [0.717, 1.165) is 18.2 Å². The molecule has 0 saturated heterocycles. The van der Waals surface area contributed by atoms with Crippen LogP contribution >= 0.6 is 0 Å². The van der Waals surface area contributed by atoms with Crippen LogP contribution in [-0.4, -0.2) is 11.8 Å². The third-order valence-electron chi connectivity index (χ3n) is 3.35. The lowest BCUT2D eigenvalue weighted by Crippen LogP contribution is -2.36. The molecule has 0 aliphatic heterocycles. The van der Waals surface area contributed by atoms with Gasteiger partial charge in [-0.1, -0.05) is 42.5 Å². The molecule has 0 saturated carbocycles. The highest BCUT2D eigenvalue weighted by Crippen LogP contribution is 2.29. The Kier molecular flexibility index (Phi) is 5.59. The lowest BCUT2D eigenvalue weighted by Gasteiger charge is -2.14. The number of halogens is 3. The number of alkyl halides is 3. The Morgan fingerprint density at radius 1 is 1.04 bits per heavy atom. The lowest BCUT2D eigenvalue weighted by atomic mass is 10.1. The van der Waals surface area contributed by atoms with Crippen LogP contribution in [0, 0.1) is 0 Å². The van der Waals surface area contributed by atoms with Gasteiger partial charge in [-0.3, -0.25) is 9.59 Å². The molecule has 2 amide bonds. The molecule has 0 bridgehead atoms. The van der Waals surface area contributed by atoms with Gasteiger partial charge in [0.1, 0.15) is 6.04 Å². The number of nitrogens with one attached hydrogen (secondary N) is 1. The minimum absolute atomic E-state index is 0.209. The molecule has 4 nitrogen and oxygen atoms in total. The largest absolute Gasteiger partial charge is 0.416 e. The summed E-state index contributed by atoms with van der Waals surface area (Å²) in [5.74, 6) is -1.39. The summed E-state index contributed by atoms with van der Waals surface area (Å²) in [6, 6.07) is 11.9. The molecule has 0 spiro atoms. The number of benzene rings is 2. The summed E-state index contributed by atoms with van der Waals surface area (Å²) in [6.45, 7) is 0. The fraction of sp³-hybridized carbons (Fsp3) is 0.111. The first kappa shape index (κ1) is 18.3. The SMILES string of the molecule is NC(=O)C(NC(=O)/C=C/c1cccc(C(F)(F)F)c1)c1ccccc1. The number of primary amides is 1. The van der Waals surface area contributed by atoms with Gasteiger partial charge in [-0.05, 0) is 29.3 Å². The second kappa shape index (κ2) is 7.65. The van der Waals surface area contributed by atoms with Crippen LogP contribution in [0.3, 0.4) is 0 Å². The van der Waals surface area contributed by atoms with Crippen LogP contribution in [0.1, 0.15) is 22.7 Å². The first-order valence-corrected chi connectivity index (χ1v) is 7.27. The van der Waals surface area contributed by atoms with Gasteiger partial charge in [-0.2, -0.15) is 13.2 Å². The van der Waals surface area contributed by atoms with Gasteiger partial charge in [0.05, 0.1) is 5.56 Å². The maximum atomic E-state index is 12.7. The van der Waals surface area contributed by atoms with Gasteiger partial charge in [-0.15, -0.1) is 0 Å². The molecule has 0 heterocycles. The van der Waals surface area contributed by atoms with E-state index in [9.17, 15) is 22.8 Å². The maximum absolute atomic E-state index is 12.7. The zero-order chi connectivity index (χ0) is 18.4. The lowest BCUT2D eigenvalue weighted by molar-refractivity contribution is -0.137. The number of carbonyl (C=O) groups is 2. The van der Waals surface area contributed by atoms with E-state index in [4.69, 9.17) is 5.73 Å². The number of hydrogen-bond acceptors (Lipinski definition) is 2. The number of carbonyl (C=O) groups excluding carboxylic acids is 2. The van der Waals surface area contributed by atoms with Crippen LogP contribution < -0.4 is 11.1 Å². The van der Waals surface area contributed by atoms with Crippen molar-refractivity contribution in [3.05, 3.63) is 77.4 Å². The van der Waals surface area contributed by atoms with Gasteiger partial charge in [0.15, 0.2) is 0 Å². The Balaban J connectivity index is 2.11. The minimum atomic E-state index is -4.46. The predicted octanol–water partition coefficient (Wildman–Crippen LogP) is 3.06.